The molecule has 2 aromatic rings. The lowest BCUT2D eigenvalue weighted by molar-refractivity contribution is -0.119. The molecule has 1 aliphatic heterocycles. The maximum Gasteiger partial charge on any atom is 0.175 e. The summed E-state index contributed by atoms with van der Waals surface area (Å²) in [7, 11) is 0. The Morgan fingerprint density at radius 1 is 0.846 bits per heavy atom. The maximum absolute atomic E-state index is 13.7. The van der Waals surface area contributed by atoms with Gasteiger partial charge in [0.25, 0.3) is 0 Å². The van der Waals surface area contributed by atoms with E-state index in [1.807, 2.05) is 43.3 Å². The van der Waals surface area contributed by atoms with Gasteiger partial charge in [-0.15, -0.1) is 0 Å². The molecule has 0 fully saturated rings. The molecule has 0 saturated carbocycles. The second kappa shape index (κ2) is 10.5. The van der Waals surface area contributed by atoms with E-state index in [9.17, 15) is 9.59 Å². The van der Waals surface area contributed by atoms with Crippen LogP contribution in [0.5, 0.6) is 11.5 Å². The van der Waals surface area contributed by atoms with Crippen LogP contribution < -0.4 is 14.8 Å². The minimum atomic E-state index is -0.434. The zero-order valence-electron chi connectivity index (χ0n) is 23.2. The summed E-state index contributed by atoms with van der Waals surface area (Å²) in [5.74, 6) is 0.957. The quantitative estimate of drug-likeness (QED) is 0.340. The average Bonchev–Trinajstić information content (AvgIpc) is 2.81. The molecule has 0 amide bonds. The van der Waals surface area contributed by atoms with Crippen molar-refractivity contribution in [3.8, 4) is 11.5 Å². The number of ether oxygens (including phenoxy) is 2. The number of rotatable bonds is 6. The Bertz CT molecular complexity index is 1370. The van der Waals surface area contributed by atoms with E-state index in [0.717, 1.165) is 55.5 Å². The highest BCUT2D eigenvalue weighted by molar-refractivity contribution is 9.10. The fourth-order valence-corrected chi connectivity index (χ4v) is 7.12. The van der Waals surface area contributed by atoms with Crippen LogP contribution in [0.4, 0.5) is 0 Å². The zero-order chi connectivity index (χ0) is 28.1. The average molecular weight is 657 g/mol. The molecule has 5 nitrogen and oxygen atoms in total. The highest BCUT2D eigenvalue weighted by Gasteiger charge is 2.46. The third kappa shape index (κ3) is 5.62. The largest absolute Gasteiger partial charge is 0.490 e. The Balaban J connectivity index is 1.62. The highest BCUT2D eigenvalue weighted by atomic mass is 79.9. The third-order valence-electron chi connectivity index (χ3n) is 7.71. The monoisotopic (exact) mass is 655 g/mol. The van der Waals surface area contributed by atoms with Gasteiger partial charge in [-0.1, -0.05) is 61.8 Å². The van der Waals surface area contributed by atoms with Gasteiger partial charge in [-0.3, -0.25) is 9.59 Å². The van der Waals surface area contributed by atoms with Crippen LogP contribution in [0.2, 0.25) is 0 Å². The molecule has 2 aliphatic carbocycles. The summed E-state index contributed by atoms with van der Waals surface area (Å²) in [6.07, 6.45) is 2.45. The first-order valence-electron chi connectivity index (χ1n) is 13.5. The molecule has 0 unspecified atom stereocenters. The minimum Gasteiger partial charge on any atom is -0.490 e. The van der Waals surface area contributed by atoms with Gasteiger partial charge < -0.3 is 14.8 Å². The molecule has 39 heavy (non-hydrogen) atoms. The van der Waals surface area contributed by atoms with Crippen molar-refractivity contribution in [2.75, 3.05) is 6.61 Å². The number of allylic oxidation sites excluding steroid dienone is 4. The number of hydrogen-bond acceptors (Lipinski definition) is 5. The van der Waals surface area contributed by atoms with E-state index in [1.54, 1.807) is 0 Å². The van der Waals surface area contributed by atoms with Crippen LogP contribution in [0.15, 0.2) is 67.9 Å². The summed E-state index contributed by atoms with van der Waals surface area (Å²) < 4.78 is 14.0. The lowest BCUT2D eigenvalue weighted by atomic mass is 9.64. The third-order valence-corrected chi connectivity index (χ3v) is 9.08. The van der Waals surface area contributed by atoms with E-state index in [2.05, 4.69) is 64.9 Å². The fourth-order valence-electron chi connectivity index (χ4n) is 6.15. The van der Waals surface area contributed by atoms with Gasteiger partial charge in [-0.25, -0.2) is 0 Å². The topological polar surface area (TPSA) is 64.6 Å². The van der Waals surface area contributed by atoms with Gasteiger partial charge in [-0.05, 0) is 70.3 Å². The van der Waals surface area contributed by atoms with Crippen LogP contribution in [0.3, 0.4) is 0 Å². The Hall–Kier alpha value is -2.38. The van der Waals surface area contributed by atoms with Crippen molar-refractivity contribution in [2.45, 2.75) is 72.8 Å². The van der Waals surface area contributed by atoms with E-state index >= 15 is 0 Å². The van der Waals surface area contributed by atoms with Crippen molar-refractivity contribution < 1.29 is 19.1 Å². The molecular weight excluding hydrogens is 622 g/mol. The Morgan fingerprint density at radius 3 is 2.00 bits per heavy atom. The number of ketones is 2. The highest BCUT2D eigenvalue weighted by Crippen LogP contribution is 2.52. The molecule has 5 rings (SSSR count). The van der Waals surface area contributed by atoms with Crippen LogP contribution in [-0.2, 0) is 16.2 Å². The van der Waals surface area contributed by atoms with Crippen LogP contribution >= 0.6 is 31.9 Å². The molecular formula is C32H35Br2NO4. The standard InChI is InChI=1S/C32H35Br2NO4/c1-6-38-26-12-19(11-21(34)30(26)39-17-18-9-7-8-10-20(18)33)27-28-22(13-31(2,3)15-24(28)36)35-23-14-32(4,5)16-25(37)29(23)27/h7-12,27,35H,6,13-17H2,1-5H3. The fraction of sp³-hybridized carbons (Fsp3) is 0.438. The molecule has 0 spiro atoms. The lowest BCUT2D eigenvalue weighted by Crippen LogP contribution is -2.42. The molecule has 2 aromatic carbocycles. The number of halogens is 2. The second-order valence-corrected chi connectivity index (χ2v) is 14.1. The van der Waals surface area contributed by atoms with E-state index in [-0.39, 0.29) is 22.4 Å². The Labute approximate surface area is 247 Å². The number of dihydropyridines is 1. The van der Waals surface area contributed by atoms with Crippen LogP contribution in [0.25, 0.3) is 0 Å². The number of benzene rings is 2. The van der Waals surface area contributed by atoms with E-state index in [4.69, 9.17) is 9.47 Å². The number of carbonyl (C=O) groups is 2. The van der Waals surface area contributed by atoms with Crippen molar-refractivity contribution in [3.05, 3.63) is 79.0 Å². The van der Waals surface area contributed by atoms with Crippen molar-refractivity contribution in [1.29, 1.82) is 0 Å². The molecule has 0 saturated heterocycles. The molecule has 0 aromatic heterocycles. The van der Waals surface area contributed by atoms with Crippen LogP contribution in [-0.4, -0.2) is 18.2 Å². The molecule has 1 N–H and O–H groups in total. The summed E-state index contributed by atoms with van der Waals surface area (Å²) in [5.41, 5.74) is 4.95. The summed E-state index contributed by atoms with van der Waals surface area (Å²) in [6, 6.07) is 11.9. The van der Waals surface area contributed by atoms with E-state index in [0.29, 0.717) is 37.6 Å². The molecule has 0 bridgehead atoms. The van der Waals surface area contributed by atoms with Crippen molar-refractivity contribution in [1.82, 2.24) is 5.32 Å². The van der Waals surface area contributed by atoms with Gasteiger partial charge in [0.15, 0.2) is 23.1 Å². The first-order valence-corrected chi connectivity index (χ1v) is 15.1. The Kier molecular flexibility index (Phi) is 7.62. The van der Waals surface area contributed by atoms with Crippen molar-refractivity contribution >= 4 is 43.4 Å². The molecule has 0 radical (unpaired) electrons. The van der Waals surface area contributed by atoms with E-state index < -0.39 is 5.92 Å². The summed E-state index contributed by atoms with van der Waals surface area (Å²) >= 11 is 7.33. The van der Waals surface area contributed by atoms with Gasteiger partial charge in [0, 0.05) is 51.3 Å². The smallest absolute Gasteiger partial charge is 0.175 e. The maximum atomic E-state index is 13.7. The van der Waals surface area contributed by atoms with Gasteiger partial charge >= 0.3 is 0 Å². The number of hydrogen-bond donors (Lipinski definition) is 1. The van der Waals surface area contributed by atoms with Gasteiger partial charge in [-0.2, -0.15) is 0 Å². The van der Waals surface area contributed by atoms with Crippen LogP contribution in [0, 0.1) is 10.8 Å². The van der Waals surface area contributed by atoms with Gasteiger partial charge in [0.05, 0.1) is 11.1 Å². The van der Waals surface area contributed by atoms with Crippen molar-refractivity contribution in [3.63, 3.8) is 0 Å². The second-order valence-electron chi connectivity index (χ2n) is 12.4. The number of carbonyl (C=O) groups excluding carboxylic acids is 2. The predicted octanol–water partition coefficient (Wildman–Crippen LogP) is 8.16. The number of nitrogens with one attached hydrogen (secondary N) is 1. The molecule has 3 aliphatic rings. The lowest BCUT2D eigenvalue weighted by Gasteiger charge is -2.44. The summed E-state index contributed by atoms with van der Waals surface area (Å²) in [5, 5.41) is 3.58. The first-order chi connectivity index (χ1) is 18.4. The summed E-state index contributed by atoms with van der Waals surface area (Å²) in [6.45, 7) is 11.3. The molecule has 0 atom stereocenters. The SMILES string of the molecule is CCOc1cc(C2C3=C(CC(C)(C)CC3=O)NC3=C2C(=O)CC(C)(C)C3)cc(Br)c1OCc1ccccc1Br. The molecule has 206 valence electrons. The van der Waals surface area contributed by atoms with Gasteiger partial charge in [0.1, 0.15) is 6.61 Å². The van der Waals surface area contributed by atoms with Gasteiger partial charge in [0.2, 0.25) is 0 Å². The van der Waals surface area contributed by atoms with E-state index in [1.165, 1.54) is 0 Å². The van der Waals surface area contributed by atoms with Crippen molar-refractivity contribution in [2.24, 2.45) is 10.8 Å². The number of Topliss-reactive ketones (excluding diaryl/α,β-unsaturated/α-hetero) is 2. The predicted molar refractivity (Wildman–Crippen MR) is 160 cm³/mol. The minimum absolute atomic E-state index is 0.103. The summed E-state index contributed by atoms with van der Waals surface area (Å²) in [4.78, 5) is 27.4. The zero-order valence-corrected chi connectivity index (χ0v) is 26.3. The normalized spacial score (nSPS) is 20.4. The Morgan fingerprint density at radius 2 is 1.44 bits per heavy atom. The first kappa shape index (κ1) is 28.2. The molecule has 7 heteroatoms. The molecule has 1 heterocycles. The van der Waals surface area contributed by atoms with Crippen LogP contribution in [0.1, 0.15) is 77.3 Å².